The first-order valence-corrected chi connectivity index (χ1v) is 5.64. The normalized spacial score (nSPS) is 16.9. The molecule has 0 fully saturated rings. The van der Waals surface area contributed by atoms with Gasteiger partial charge in [0.05, 0.1) is 13.8 Å². The summed E-state index contributed by atoms with van der Waals surface area (Å²) in [5.41, 5.74) is 1.28. The molecule has 4 heteroatoms. The van der Waals surface area contributed by atoms with Gasteiger partial charge in [-0.3, -0.25) is 14.0 Å². The van der Waals surface area contributed by atoms with Gasteiger partial charge in [0.2, 0.25) is 5.78 Å². The maximum absolute atomic E-state index is 12.0. The summed E-state index contributed by atoms with van der Waals surface area (Å²) in [5.74, 6) is -0.270. The molecule has 0 saturated carbocycles. The van der Waals surface area contributed by atoms with Gasteiger partial charge in [-0.1, -0.05) is 0 Å². The Kier molecular flexibility index (Phi) is 4.61. The Hall–Kier alpha value is -1.45. The van der Waals surface area contributed by atoms with E-state index in [2.05, 4.69) is 0 Å². The van der Waals surface area contributed by atoms with E-state index in [4.69, 9.17) is 4.74 Å². The topological polar surface area (TPSA) is 43.4 Å². The van der Waals surface area contributed by atoms with Crippen molar-refractivity contribution >= 4 is 11.6 Å². The van der Waals surface area contributed by atoms with Crippen molar-refractivity contribution in [1.29, 1.82) is 0 Å². The summed E-state index contributed by atoms with van der Waals surface area (Å²) in [7, 11) is 1.38. The first-order chi connectivity index (χ1) is 8.04. The van der Waals surface area contributed by atoms with Crippen LogP contribution in [-0.4, -0.2) is 25.4 Å². The van der Waals surface area contributed by atoms with E-state index < -0.39 is 6.67 Å². The molecule has 3 nitrogen and oxygen atoms in total. The summed E-state index contributed by atoms with van der Waals surface area (Å²) in [5, 5.41) is 0. The number of Topliss-reactive ketones (excluding diaryl/α,β-unsaturated/α-hetero) is 2. The number of hydrogen-bond donors (Lipinski definition) is 0. The number of methoxy groups -OCH3 is 1. The molecule has 0 heterocycles. The smallest absolute Gasteiger partial charge is 0.224 e. The van der Waals surface area contributed by atoms with Crippen molar-refractivity contribution < 1.29 is 18.7 Å². The standard InChI is InChI=1S/C13H17FO3/c1-8-10(6-4-5-7-14)12(16)13(17-3)9(2)11(8)15/h4-7H2,1-3H3. The number of unbranched alkanes of at least 4 members (excludes halogenated alkanes) is 1. The molecule has 0 unspecified atom stereocenters. The third kappa shape index (κ3) is 2.62. The molecule has 0 spiro atoms. The molecule has 1 aliphatic rings. The van der Waals surface area contributed by atoms with Crippen LogP contribution >= 0.6 is 0 Å². The van der Waals surface area contributed by atoms with Crippen molar-refractivity contribution in [2.75, 3.05) is 13.8 Å². The van der Waals surface area contributed by atoms with Gasteiger partial charge in [-0.2, -0.15) is 0 Å². The number of ketones is 2. The second kappa shape index (κ2) is 5.75. The minimum atomic E-state index is -0.402. The second-order valence-corrected chi connectivity index (χ2v) is 4.07. The molecule has 1 aliphatic carbocycles. The maximum Gasteiger partial charge on any atom is 0.224 e. The molecule has 17 heavy (non-hydrogen) atoms. The Morgan fingerprint density at radius 3 is 2.24 bits per heavy atom. The fourth-order valence-electron chi connectivity index (χ4n) is 1.94. The lowest BCUT2D eigenvalue weighted by atomic mass is 9.87. The quantitative estimate of drug-likeness (QED) is 0.548. The van der Waals surface area contributed by atoms with Crippen LogP contribution in [0.5, 0.6) is 0 Å². The van der Waals surface area contributed by atoms with Crippen LogP contribution in [0.1, 0.15) is 33.1 Å². The predicted octanol–water partition coefficient (Wildman–Crippen LogP) is 2.51. The first kappa shape index (κ1) is 13.6. The second-order valence-electron chi connectivity index (χ2n) is 4.07. The fraction of sp³-hybridized carbons (Fsp3) is 0.538. The van der Waals surface area contributed by atoms with Crippen molar-refractivity contribution in [3.8, 4) is 0 Å². The zero-order valence-corrected chi connectivity index (χ0v) is 10.4. The van der Waals surface area contributed by atoms with Gasteiger partial charge in [0.15, 0.2) is 11.5 Å². The largest absolute Gasteiger partial charge is 0.492 e. The molecule has 0 saturated heterocycles. The molecule has 0 aliphatic heterocycles. The fourth-order valence-corrected chi connectivity index (χ4v) is 1.94. The van der Waals surface area contributed by atoms with E-state index in [1.54, 1.807) is 13.8 Å². The van der Waals surface area contributed by atoms with Gasteiger partial charge in [-0.25, -0.2) is 0 Å². The van der Waals surface area contributed by atoms with E-state index >= 15 is 0 Å². The van der Waals surface area contributed by atoms with Crippen LogP contribution in [-0.2, 0) is 14.3 Å². The van der Waals surface area contributed by atoms with Crippen LogP contribution in [0.4, 0.5) is 4.39 Å². The minimum absolute atomic E-state index is 0.121. The average molecular weight is 240 g/mol. The molecule has 0 amide bonds. The Morgan fingerprint density at radius 1 is 1.06 bits per heavy atom. The van der Waals surface area contributed by atoms with Gasteiger partial charge in [-0.05, 0) is 33.1 Å². The molecule has 0 aromatic heterocycles. The Labute approximate surface area is 100 Å². The van der Waals surface area contributed by atoms with Crippen molar-refractivity contribution in [2.45, 2.75) is 33.1 Å². The predicted molar refractivity (Wildman–Crippen MR) is 62.2 cm³/mol. The number of carbonyl (C=O) groups is 2. The molecule has 0 N–H and O–H groups in total. The summed E-state index contributed by atoms with van der Waals surface area (Å²) in [4.78, 5) is 23.9. The van der Waals surface area contributed by atoms with Gasteiger partial charge in [0, 0.05) is 16.7 Å². The SMILES string of the molecule is COC1=C(C)C(=O)C(C)=C(CCCCF)C1=O. The van der Waals surface area contributed by atoms with Gasteiger partial charge >= 0.3 is 0 Å². The molecule has 0 aromatic rings. The molecule has 1 rings (SSSR count). The van der Waals surface area contributed by atoms with Crippen LogP contribution in [0.3, 0.4) is 0 Å². The van der Waals surface area contributed by atoms with Crippen molar-refractivity contribution in [1.82, 2.24) is 0 Å². The number of alkyl halides is 1. The number of hydrogen-bond acceptors (Lipinski definition) is 3. The Bertz CT molecular complexity index is 405. The zero-order chi connectivity index (χ0) is 13.0. The maximum atomic E-state index is 12.0. The lowest BCUT2D eigenvalue weighted by Gasteiger charge is -2.19. The van der Waals surface area contributed by atoms with Crippen molar-refractivity contribution in [3.63, 3.8) is 0 Å². The van der Waals surface area contributed by atoms with Gasteiger partial charge in [0.25, 0.3) is 0 Å². The third-order valence-corrected chi connectivity index (χ3v) is 2.97. The van der Waals surface area contributed by atoms with Crippen LogP contribution in [0.25, 0.3) is 0 Å². The number of allylic oxidation sites excluding steroid dienone is 3. The van der Waals surface area contributed by atoms with Crippen molar-refractivity contribution in [3.05, 3.63) is 22.5 Å². The van der Waals surface area contributed by atoms with Crippen LogP contribution < -0.4 is 0 Å². The first-order valence-electron chi connectivity index (χ1n) is 5.64. The molecule has 0 aromatic carbocycles. The lowest BCUT2D eigenvalue weighted by molar-refractivity contribution is -0.118. The van der Waals surface area contributed by atoms with E-state index in [0.29, 0.717) is 36.0 Å². The lowest BCUT2D eigenvalue weighted by Crippen LogP contribution is -2.23. The van der Waals surface area contributed by atoms with E-state index in [1.165, 1.54) is 7.11 Å². The highest BCUT2D eigenvalue weighted by Gasteiger charge is 2.30. The molecule has 94 valence electrons. The monoisotopic (exact) mass is 240 g/mol. The Balaban J connectivity index is 2.96. The minimum Gasteiger partial charge on any atom is -0.492 e. The van der Waals surface area contributed by atoms with Gasteiger partial charge < -0.3 is 4.74 Å². The highest BCUT2D eigenvalue weighted by Crippen LogP contribution is 2.27. The van der Waals surface area contributed by atoms with Gasteiger partial charge in [0.1, 0.15) is 0 Å². The molecule has 0 radical (unpaired) electrons. The number of halogens is 1. The highest BCUT2D eigenvalue weighted by atomic mass is 19.1. The average Bonchev–Trinajstić information content (AvgIpc) is 2.32. The molecular formula is C13H17FO3. The Morgan fingerprint density at radius 2 is 1.71 bits per heavy atom. The summed E-state index contributed by atoms with van der Waals surface area (Å²) >= 11 is 0. The number of rotatable bonds is 5. The number of ether oxygens (including phenoxy) is 1. The number of carbonyl (C=O) groups excluding carboxylic acids is 2. The summed E-state index contributed by atoms with van der Waals surface area (Å²) in [6.07, 6.45) is 1.40. The molecule has 0 bridgehead atoms. The van der Waals surface area contributed by atoms with E-state index in [1.807, 2.05) is 0 Å². The van der Waals surface area contributed by atoms with Crippen LogP contribution in [0.15, 0.2) is 22.5 Å². The summed E-state index contributed by atoms with van der Waals surface area (Å²) in [6.45, 7) is 2.82. The summed E-state index contributed by atoms with van der Waals surface area (Å²) < 4.78 is 17.0. The van der Waals surface area contributed by atoms with E-state index in [0.717, 1.165) is 0 Å². The summed E-state index contributed by atoms with van der Waals surface area (Å²) in [6, 6.07) is 0. The molecule has 0 atom stereocenters. The third-order valence-electron chi connectivity index (χ3n) is 2.97. The molecular weight excluding hydrogens is 223 g/mol. The van der Waals surface area contributed by atoms with Crippen molar-refractivity contribution in [2.24, 2.45) is 0 Å². The van der Waals surface area contributed by atoms with E-state index in [-0.39, 0.29) is 17.3 Å². The van der Waals surface area contributed by atoms with Gasteiger partial charge in [-0.15, -0.1) is 0 Å². The van der Waals surface area contributed by atoms with Crippen LogP contribution in [0.2, 0.25) is 0 Å². The highest BCUT2D eigenvalue weighted by molar-refractivity contribution is 6.23. The van der Waals surface area contributed by atoms with Crippen LogP contribution in [0, 0.1) is 0 Å². The van der Waals surface area contributed by atoms with E-state index in [9.17, 15) is 14.0 Å². The zero-order valence-electron chi connectivity index (χ0n) is 10.4.